The average Bonchev–Trinajstić information content (AvgIpc) is 2.54. The summed E-state index contributed by atoms with van der Waals surface area (Å²) in [6, 6.07) is 5.00. The number of aliphatic carboxylic acids is 1. The van der Waals surface area contributed by atoms with Gasteiger partial charge in [0, 0.05) is 31.7 Å². The van der Waals surface area contributed by atoms with Crippen LogP contribution in [-0.2, 0) is 9.53 Å². The van der Waals surface area contributed by atoms with E-state index in [1.165, 1.54) is 21.3 Å². The first kappa shape index (κ1) is 16.4. The molecule has 1 N–H and O–H groups in total. The summed E-state index contributed by atoms with van der Waals surface area (Å²) in [6.45, 7) is 0. The molecule has 22 heavy (non-hydrogen) atoms. The lowest BCUT2D eigenvalue weighted by molar-refractivity contribution is -0.174. The summed E-state index contributed by atoms with van der Waals surface area (Å²) in [5.41, 5.74) is -1.38. The molecule has 0 spiro atoms. The van der Waals surface area contributed by atoms with Crippen LogP contribution in [0.25, 0.3) is 0 Å². The summed E-state index contributed by atoms with van der Waals surface area (Å²) in [4.78, 5) is 11.9. The molecule has 0 amide bonds. The van der Waals surface area contributed by atoms with Crippen molar-refractivity contribution in [2.75, 3.05) is 21.3 Å². The number of rotatable bonds is 6. The Balaban J connectivity index is 2.37. The van der Waals surface area contributed by atoms with Crippen molar-refractivity contribution in [1.29, 1.82) is 0 Å². The van der Waals surface area contributed by atoms with Gasteiger partial charge < -0.3 is 24.1 Å². The van der Waals surface area contributed by atoms with E-state index in [0.29, 0.717) is 30.1 Å². The number of carbonyl (C=O) groups is 1. The second-order valence-corrected chi connectivity index (χ2v) is 5.32. The van der Waals surface area contributed by atoms with E-state index in [2.05, 4.69) is 0 Å². The number of methoxy groups -OCH3 is 3. The van der Waals surface area contributed by atoms with Crippen LogP contribution in [0.15, 0.2) is 18.2 Å². The van der Waals surface area contributed by atoms with Gasteiger partial charge in [0.25, 0.3) is 0 Å². The molecule has 122 valence electrons. The van der Waals surface area contributed by atoms with Crippen LogP contribution in [0.3, 0.4) is 0 Å². The first-order valence-electron chi connectivity index (χ1n) is 7.24. The van der Waals surface area contributed by atoms with Crippen molar-refractivity contribution in [1.82, 2.24) is 0 Å². The third-order valence-electron chi connectivity index (χ3n) is 4.06. The molecule has 0 radical (unpaired) electrons. The van der Waals surface area contributed by atoms with Gasteiger partial charge in [-0.25, -0.2) is 4.79 Å². The molecule has 0 saturated heterocycles. The van der Waals surface area contributed by atoms with Crippen LogP contribution in [0.2, 0.25) is 0 Å². The number of benzene rings is 1. The van der Waals surface area contributed by atoms with E-state index < -0.39 is 17.7 Å². The summed E-state index contributed by atoms with van der Waals surface area (Å²) >= 11 is 0. The number of carboxylic acid groups (broad SMARTS) is 1. The Morgan fingerprint density at radius 2 is 1.68 bits per heavy atom. The second-order valence-electron chi connectivity index (χ2n) is 5.32. The molecule has 1 fully saturated rings. The molecule has 0 heterocycles. The maximum atomic E-state index is 11.9. The van der Waals surface area contributed by atoms with Crippen molar-refractivity contribution in [2.45, 2.75) is 37.4 Å². The highest BCUT2D eigenvalue weighted by Crippen LogP contribution is 2.37. The monoisotopic (exact) mass is 310 g/mol. The summed E-state index contributed by atoms with van der Waals surface area (Å²) in [6.07, 6.45) is 2.28. The predicted molar refractivity (Wildman–Crippen MR) is 79.8 cm³/mol. The zero-order valence-corrected chi connectivity index (χ0v) is 13.1. The third-order valence-corrected chi connectivity index (χ3v) is 4.06. The van der Waals surface area contributed by atoms with Gasteiger partial charge in [0.05, 0.1) is 14.2 Å². The summed E-state index contributed by atoms with van der Waals surface area (Å²) in [5.74, 6) is 0.461. The molecule has 2 rings (SSSR count). The van der Waals surface area contributed by atoms with Crippen molar-refractivity contribution in [2.24, 2.45) is 0 Å². The minimum atomic E-state index is -1.38. The Hall–Kier alpha value is -1.95. The van der Waals surface area contributed by atoms with Gasteiger partial charge in [-0.05, 0) is 12.8 Å². The maximum absolute atomic E-state index is 11.9. The lowest BCUT2D eigenvalue weighted by atomic mass is 9.81. The Morgan fingerprint density at radius 1 is 1.09 bits per heavy atom. The number of hydrogen-bond acceptors (Lipinski definition) is 5. The van der Waals surface area contributed by atoms with Crippen LogP contribution >= 0.6 is 0 Å². The predicted octanol–water partition coefficient (Wildman–Crippen LogP) is 2.50. The number of hydrogen-bond donors (Lipinski definition) is 1. The minimum absolute atomic E-state index is 0.391. The molecular formula is C16H22O6. The van der Waals surface area contributed by atoms with Gasteiger partial charge in [0.1, 0.15) is 23.4 Å². The largest absolute Gasteiger partial charge is 0.496 e. The molecule has 0 bridgehead atoms. The highest BCUT2D eigenvalue weighted by Gasteiger charge is 2.50. The average molecular weight is 310 g/mol. The Bertz CT molecular complexity index is 507. The second kappa shape index (κ2) is 6.87. The number of carboxylic acids is 1. The van der Waals surface area contributed by atoms with Gasteiger partial charge in [-0.3, -0.25) is 0 Å². The SMILES string of the molecule is COc1cc(OC)cc(OC2(C(=O)O)CCCCC2OC)c1. The van der Waals surface area contributed by atoms with Gasteiger partial charge in [-0.15, -0.1) is 0 Å². The van der Waals surface area contributed by atoms with Crippen molar-refractivity contribution in [3.8, 4) is 17.2 Å². The van der Waals surface area contributed by atoms with Gasteiger partial charge >= 0.3 is 5.97 Å². The lowest BCUT2D eigenvalue weighted by Gasteiger charge is -2.39. The molecule has 1 aromatic carbocycles. The topological polar surface area (TPSA) is 74.2 Å². The molecule has 0 aliphatic heterocycles. The van der Waals surface area contributed by atoms with E-state index in [-0.39, 0.29) is 0 Å². The fraction of sp³-hybridized carbons (Fsp3) is 0.562. The molecule has 1 saturated carbocycles. The van der Waals surface area contributed by atoms with Crippen LogP contribution in [0.4, 0.5) is 0 Å². The normalized spacial score (nSPS) is 24.6. The van der Waals surface area contributed by atoms with Crippen LogP contribution in [0.1, 0.15) is 25.7 Å². The van der Waals surface area contributed by atoms with Gasteiger partial charge in [0.2, 0.25) is 5.60 Å². The quantitative estimate of drug-likeness (QED) is 0.870. The molecule has 1 aliphatic carbocycles. The van der Waals surface area contributed by atoms with Gasteiger partial charge in [-0.1, -0.05) is 6.42 Å². The molecule has 1 aliphatic rings. The van der Waals surface area contributed by atoms with Crippen molar-refractivity contribution in [3.05, 3.63) is 18.2 Å². The maximum Gasteiger partial charge on any atom is 0.350 e. The Morgan fingerprint density at radius 3 is 2.18 bits per heavy atom. The zero-order valence-electron chi connectivity index (χ0n) is 13.1. The molecule has 2 atom stereocenters. The van der Waals surface area contributed by atoms with Gasteiger partial charge in [0.15, 0.2) is 0 Å². The van der Waals surface area contributed by atoms with E-state index >= 15 is 0 Å². The minimum Gasteiger partial charge on any atom is -0.496 e. The van der Waals surface area contributed by atoms with Crippen molar-refractivity contribution < 1.29 is 28.8 Å². The van der Waals surface area contributed by atoms with Gasteiger partial charge in [-0.2, -0.15) is 0 Å². The van der Waals surface area contributed by atoms with Crippen molar-refractivity contribution >= 4 is 5.97 Å². The van der Waals surface area contributed by atoms with E-state index in [9.17, 15) is 9.90 Å². The van der Waals surface area contributed by atoms with E-state index in [4.69, 9.17) is 18.9 Å². The summed E-state index contributed by atoms with van der Waals surface area (Å²) < 4.78 is 21.7. The highest BCUT2D eigenvalue weighted by molar-refractivity contribution is 5.79. The smallest absolute Gasteiger partial charge is 0.350 e. The summed E-state index contributed by atoms with van der Waals surface area (Å²) in [7, 11) is 4.58. The molecule has 0 aromatic heterocycles. The molecule has 2 unspecified atom stereocenters. The molecular weight excluding hydrogens is 288 g/mol. The fourth-order valence-corrected chi connectivity index (χ4v) is 2.88. The molecule has 6 nitrogen and oxygen atoms in total. The van der Waals surface area contributed by atoms with Crippen LogP contribution in [0.5, 0.6) is 17.2 Å². The third kappa shape index (κ3) is 3.11. The molecule has 6 heteroatoms. The van der Waals surface area contributed by atoms with E-state index in [1.54, 1.807) is 18.2 Å². The van der Waals surface area contributed by atoms with E-state index in [1.807, 2.05) is 0 Å². The number of ether oxygens (including phenoxy) is 4. The highest BCUT2D eigenvalue weighted by atomic mass is 16.6. The Labute approximate surface area is 129 Å². The first-order valence-corrected chi connectivity index (χ1v) is 7.24. The Kier molecular flexibility index (Phi) is 5.13. The van der Waals surface area contributed by atoms with E-state index in [0.717, 1.165) is 12.8 Å². The fourth-order valence-electron chi connectivity index (χ4n) is 2.88. The summed E-state index contributed by atoms with van der Waals surface area (Å²) in [5, 5.41) is 9.74. The standard InChI is InChI=1S/C16H22O6/c1-19-11-8-12(20-2)10-13(9-11)22-16(15(17)18)7-5-4-6-14(16)21-3/h8-10,14H,4-7H2,1-3H3,(H,17,18). The molecule has 1 aromatic rings. The van der Waals surface area contributed by atoms with Crippen molar-refractivity contribution in [3.63, 3.8) is 0 Å². The van der Waals surface area contributed by atoms with Crippen LogP contribution in [-0.4, -0.2) is 44.1 Å². The zero-order chi connectivity index (χ0) is 16.2. The van der Waals surface area contributed by atoms with Crippen LogP contribution < -0.4 is 14.2 Å². The lowest BCUT2D eigenvalue weighted by Crippen LogP contribution is -2.56. The first-order chi connectivity index (χ1) is 10.6. The van der Waals surface area contributed by atoms with Crippen LogP contribution in [0, 0.1) is 0 Å².